The molecule has 3 aromatic rings. The number of aliphatic hydroxyl groups excluding tert-OH is 1. The first kappa shape index (κ1) is 54.8. The summed E-state index contributed by atoms with van der Waals surface area (Å²) in [5.41, 5.74) is 6.92. The number of carboxylic acids is 1. The average Bonchev–Trinajstić information content (AvgIpc) is 3.81. The number of benzene rings is 2. The fourth-order valence-corrected chi connectivity index (χ4v) is 8.69. The number of alkyl carbamates (subject to hydrolysis) is 1. The number of amides is 5. The Bertz CT molecular complexity index is 2010. The third-order valence-corrected chi connectivity index (χ3v) is 12.1. The number of carboxylic acid groups (broad SMARTS) is 1. The zero-order valence-corrected chi connectivity index (χ0v) is 40.5. The fraction of sp³-hybridized carbons (Fsp3) is 0.588. The molecule has 1 aromatic heterocycles. The molecule has 374 valence electrons. The van der Waals surface area contributed by atoms with Crippen molar-refractivity contribution in [1.82, 2.24) is 36.6 Å². The van der Waals surface area contributed by atoms with E-state index in [9.17, 15) is 39.0 Å². The molecule has 17 nitrogen and oxygen atoms in total. The van der Waals surface area contributed by atoms with Gasteiger partial charge in [0.05, 0.1) is 24.2 Å². The van der Waals surface area contributed by atoms with Crippen molar-refractivity contribution in [3.05, 3.63) is 90.0 Å². The summed E-state index contributed by atoms with van der Waals surface area (Å²) in [7, 11) is 0. The first-order valence-electron chi connectivity index (χ1n) is 24.3. The van der Waals surface area contributed by atoms with Crippen LogP contribution in [0.4, 0.5) is 4.79 Å². The smallest absolute Gasteiger partial charge is 0.408 e. The van der Waals surface area contributed by atoms with Crippen molar-refractivity contribution in [3.8, 4) is 0 Å². The zero-order chi connectivity index (χ0) is 49.6. The highest BCUT2D eigenvalue weighted by Crippen LogP contribution is 2.30. The van der Waals surface area contributed by atoms with Gasteiger partial charge in [-0.1, -0.05) is 107 Å². The lowest BCUT2D eigenvalue weighted by Gasteiger charge is -2.33. The fourth-order valence-electron chi connectivity index (χ4n) is 8.69. The molecule has 17 heteroatoms. The van der Waals surface area contributed by atoms with Crippen LogP contribution in [0.15, 0.2) is 73.2 Å². The minimum atomic E-state index is -1.24. The molecule has 1 heterocycles. The van der Waals surface area contributed by atoms with E-state index in [0.29, 0.717) is 37.9 Å². The summed E-state index contributed by atoms with van der Waals surface area (Å²) in [6.45, 7) is 9.41. The number of nitrogens with zero attached hydrogens (tertiary/aromatic N) is 1. The zero-order valence-electron chi connectivity index (χ0n) is 40.5. The average molecular weight is 945 g/mol. The first-order chi connectivity index (χ1) is 32.4. The highest BCUT2D eigenvalue weighted by Gasteiger charge is 2.36. The van der Waals surface area contributed by atoms with Gasteiger partial charge < -0.3 is 52.3 Å². The highest BCUT2D eigenvalue weighted by molar-refractivity contribution is 5.92. The van der Waals surface area contributed by atoms with Crippen LogP contribution in [0.3, 0.4) is 0 Å². The number of unbranched alkanes of at least 4 members (excludes halogenated alkanes) is 1. The summed E-state index contributed by atoms with van der Waals surface area (Å²) in [6, 6.07) is 12.6. The Labute approximate surface area is 401 Å². The number of carbonyl (C=O) groups excluding carboxylic acids is 5. The van der Waals surface area contributed by atoms with Gasteiger partial charge in [0, 0.05) is 31.4 Å². The molecule has 0 saturated heterocycles. The Morgan fingerprint density at radius 3 is 1.85 bits per heavy atom. The number of aromatic amines is 1. The maximum atomic E-state index is 14.6. The van der Waals surface area contributed by atoms with Gasteiger partial charge in [0.2, 0.25) is 23.6 Å². The van der Waals surface area contributed by atoms with Gasteiger partial charge in [-0.2, -0.15) is 0 Å². The normalized spacial score (nSPS) is 16.2. The Hall–Kier alpha value is -5.81. The van der Waals surface area contributed by atoms with Crippen molar-refractivity contribution in [2.24, 2.45) is 23.5 Å². The second-order valence-electron chi connectivity index (χ2n) is 19.6. The van der Waals surface area contributed by atoms with E-state index >= 15 is 0 Å². The molecule has 0 spiro atoms. The van der Waals surface area contributed by atoms with Crippen LogP contribution in [0, 0.1) is 17.8 Å². The van der Waals surface area contributed by atoms with Crippen LogP contribution < -0.4 is 32.3 Å². The number of aliphatic carboxylic acids is 1. The summed E-state index contributed by atoms with van der Waals surface area (Å²) in [6.07, 6.45) is 8.12. The van der Waals surface area contributed by atoms with Gasteiger partial charge in [0.15, 0.2) is 0 Å². The molecule has 7 atom stereocenters. The van der Waals surface area contributed by atoms with Crippen LogP contribution in [0.25, 0.3) is 0 Å². The third kappa shape index (κ3) is 19.8. The van der Waals surface area contributed by atoms with Crippen LogP contribution in [0.5, 0.6) is 0 Å². The number of imidazole rings is 1. The summed E-state index contributed by atoms with van der Waals surface area (Å²) >= 11 is 0. The van der Waals surface area contributed by atoms with Gasteiger partial charge in [-0.05, 0) is 88.8 Å². The van der Waals surface area contributed by atoms with Crippen molar-refractivity contribution in [3.63, 3.8) is 0 Å². The van der Waals surface area contributed by atoms with Gasteiger partial charge in [0.25, 0.3) is 0 Å². The van der Waals surface area contributed by atoms with E-state index in [1.165, 1.54) is 6.33 Å². The molecule has 2 aromatic carbocycles. The molecular formula is C51H76N8O9. The second kappa shape index (κ2) is 27.9. The maximum absolute atomic E-state index is 14.6. The Morgan fingerprint density at radius 2 is 1.29 bits per heavy atom. The number of hydrogen-bond donors (Lipinski definition) is 9. The van der Waals surface area contributed by atoms with Crippen LogP contribution in [0.2, 0.25) is 0 Å². The number of H-pyrrole nitrogens is 1. The predicted molar refractivity (Wildman–Crippen MR) is 259 cm³/mol. The molecule has 0 bridgehead atoms. The number of nitrogens with two attached hydrogens (primary N) is 1. The number of ether oxygens (including phenoxy) is 1. The quantitative estimate of drug-likeness (QED) is 0.0466. The van der Waals surface area contributed by atoms with E-state index in [-0.39, 0.29) is 43.9 Å². The Balaban J connectivity index is 1.58. The number of aromatic nitrogens is 2. The van der Waals surface area contributed by atoms with Crippen LogP contribution in [-0.2, 0) is 48.0 Å². The summed E-state index contributed by atoms with van der Waals surface area (Å²) in [5, 5.41) is 36.4. The van der Waals surface area contributed by atoms with Crippen molar-refractivity contribution >= 4 is 35.7 Å². The van der Waals surface area contributed by atoms with Gasteiger partial charge >= 0.3 is 12.1 Å². The molecule has 0 aliphatic heterocycles. The van der Waals surface area contributed by atoms with E-state index in [2.05, 4.69) is 36.6 Å². The number of aliphatic hydroxyl groups is 1. The van der Waals surface area contributed by atoms with Crippen LogP contribution in [-0.4, -0.2) is 104 Å². The number of hydrogen-bond acceptors (Lipinski definition) is 10. The molecule has 1 saturated carbocycles. The van der Waals surface area contributed by atoms with Crippen molar-refractivity contribution in [1.29, 1.82) is 0 Å². The topological polar surface area (TPSA) is 267 Å². The molecule has 4 rings (SSSR count). The maximum Gasteiger partial charge on any atom is 0.408 e. The summed E-state index contributed by atoms with van der Waals surface area (Å²) in [4.78, 5) is 89.5. The molecule has 10 N–H and O–H groups in total. The molecule has 68 heavy (non-hydrogen) atoms. The number of carbonyl (C=O) groups is 6. The summed E-state index contributed by atoms with van der Waals surface area (Å²) in [5.74, 6) is -4.15. The SMILES string of the molecule is CC(C)C[C@H](C[C@H](O)[C@H](CC1CCCCC1)NC(=O)[C@H](Cc1c[nH]cn1)NC(=O)[C@H](Cc1ccccc1)NC(=O)OC(C)(C)C)C(=O)N[C@@H](CCCCN)C(=O)N[C@@H](Cc1ccccc1)C(=O)O. The monoisotopic (exact) mass is 945 g/mol. The standard InChI is InChI=1S/C51H76N8O9/c1-33(2)25-37(45(61)55-39(23-15-16-24-52)46(62)58-43(49(65)66)28-36-21-13-8-14-22-36)29-44(60)40(26-34-17-9-6-10-18-34)56-48(64)42(30-38-31-53-32-54-38)57-47(63)41(27-35-19-11-7-12-20-35)59-50(67)68-51(3,4)5/h7-8,11-14,19-22,31-34,37,39-44,60H,6,9-10,15-18,23-30,52H2,1-5H3,(H,53,54)(H,55,61)(H,56,64)(H,57,63)(H,58,62)(H,59,67)(H,65,66)/t37-,39+,40+,41+,42+,43+,44+/m1/s1. The lowest BCUT2D eigenvalue weighted by Crippen LogP contribution is -2.58. The van der Waals surface area contributed by atoms with E-state index in [4.69, 9.17) is 10.5 Å². The third-order valence-electron chi connectivity index (χ3n) is 12.1. The van der Waals surface area contributed by atoms with Crippen LogP contribution >= 0.6 is 0 Å². The Morgan fingerprint density at radius 1 is 0.735 bits per heavy atom. The molecule has 1 fully saturated rings. The van der Waals surface area contributed by atoms with Gasteiger partial charge in [0.1, 0.15) is 29.8 Å². The molecular weight excluding hydrogens is 869 g/mol. The van der Waals surface area contributed by atoms with Gasteiger partial charge in [-0.25, -0.2) is 14.6 Å². The number of nitrogens with one attached hydrogen (secondary N) is 6. The van der Waals surface area contributed by atoms with Gasteiger partial charge in [-0.3, -0.25) is 19.2 Å². The van der Waals surface area contributed by atoms with Crippen LogP contribution in [0.1, 0.15) is 122 Å². The van der Waals surface area contributed by atoms with Gasteiger partial charge in [-0.15, -0.1) is 0 Å². The van der Waals surface area contributed by atoms with E-state index in [1.807, 2.05) is 50.2 Å². The largest absolute Gasteiger partial charge is 0.480 e. The van der Waals surface area contributed by atoms with Crippen molar-refractivity contribution < 1.29 is 43.7 Å². The summed E-state index contributed by atoms with van der Waals surface area (Å²) < 4.78 is 5.49. The van der Waals surface area contributed by atoms with Crippen molar-refractivity contribution in [2.75, 3.05) is 6.54 Å². The number of rotatable bonds is 27. The van der Waals surface area contributed by atoms with Crippen molar-refractivity contribution in [2.45, 2.75) is 166 Å². The lowest BCUT2D eigenvalue weighted by atomic mass is 9.81. The molecule has 1 aliphatic rings. The lowest BCUT2D eigenvalue weighted by molar-refractivity contribution is -0.142. The minimum absolute atomic E-state index is 0.00248. The molecule has 5 amide bonds. The first-order valence-corrected chi connectivity index (χ1v) is 24.3. The van der Waals surface area contributed by atoms with E-state index in [1.54, 1.807) is 51.2 Å². The second-order valence-corrected chi connectivity index (χ2v) is 19.6. The highest BCUT2D eigenvalue weighted by atomic mass is 16.6. The molecule has 1 aliphatic carbocycles. The van der Waals surface area contributed by atoms with E-state index < -0.39 is 83.5 Å². The molecule has 0 unspecified atom stereocenters. The molecule has 0 radical (unpaired) electrons. The Kier molecular flexibility index (Phi) is 22.5. The predicted octanol–water partition coefficient (Wildman–Crippen LogP) is 4.87. The minimum Gasteiger partial charge on any atom is -0.480 e. The van der Waals surface area contributed by atoms with E-state index in [0.717, 1.165) is 43.2 Å².